The average Bonchev–Trinajstić information content (AvgIpc) is 2.40. The van der Waals surface area contributed by atoms with Crippen LogP contribution < -0.4 is 5.73 Å². The molecule has 0 saturated heterocycles. The summed E-state index contributed by atoms with van der Waals surface area (Å²) in [6.45, 7) is 2.06. The minimum Gasteiger partial charge on any atom is -0.321 e. The molecular formula is C16H18FN. The Hall–Kier alpha value is -1.67. The zero-order valence-electron chi connectivity index (χ0n) is 10.6. The molecule has 0 spiro atoms. The molecular weight excluding hydrogens is 225 g/mol. The van der Waals surface area contributed by atoms with Gasteiger partial charge in [-0.3, -0.25) is 0 Å². The van der Waals surface area contributed by atoms with Gasteiger partial charge in [0.05, 0.1) is 0 Å². The van der Waals surface area contributed by atoms with E-state index in [0.29, 0.717) is 0 Å². The summed E-state index contributed by atoms with van der Waals surface area (Å²) in [6.07, 6.45) is 1.57. The molecule has 0 aliphatic carbocycles. The van der Waals surface area contributed by atoms with Crippen molar-refractivity contribution in [2.45, 2.75) is 25.3 Å². The zero-order valence-corrected chi connectivity index (χ0v) is 10.6. The highest BCUT2D eigenvalue weighted by molar-refractivity contribution is 5.28. The van der Waals surface area contributed by atoms with E-state index in [1.807, 2.05) is 18.2 Å². The van der Waals surface area contributed by atoms with Crippen LogP contribution in [-0.2, 0) is 12.0 Å². The second kappa shape index (κ2) is 5.32. The van der Waals surface area contributed by atoms with Gasteiger partial charge in [0.25, 0.3) is 0 Å². The van der Waals surface area contributed by atoms with Crippen molar-refractivity contribution >= 4 is 0 Å². The normalized spacial score (nSPS) is 14.2. The Labute approximate surface area is 107 Å². The van der Waals surface area contributed by atoms with Crippen molar-refractivity contribution in [1.29, 1.82) is 0 Å². The second-order valence-corrected chi connectivity index (χ2v) is 4.68. The molecule has 2 rings (SSSR count). The molecule has 0 amide bonds. The first-order chi connectivity index (χ1) is 8.64. The van der Waals surface area contributed by atoms with Gasteiger partial charge in [0.2, 0.25) is 0 Å². The third-order valence-electron chi connectivity index (χ3n) is 3.41. The summed E-state index contributed by atoms with van der Waals surface area (Å²) in [5.41, 5.74) is 8.22. The lowest BCUT2D eigenvalue weighted by Crippen LogP contribution is -2.38. The van der Waals surface area contributed by atoms with Crippen LogP contribution in [0.15, 0.2) is 54.6 Å². The van der Waals surface area contributed by atoms with Gasteiger partial charge in [0, 0.05) is 5.54 Å². The SMILES string of the molecule is CCC(N)(Cc1ccccc1)c1ccc(F)cc1. The van der Waals surface area contributed by atoms with E-state index in [9.17, 15) is 4.39 Å². The standard InChI is InChI=1S/C16H18FN/c1-2-16(18,12-13-6-4-3-5-7-13)14-8-10-15(17)11-9-14/h3-11H,2,12,18H2,1H3. The lowest BCUT2D eigenvalue weighted by atomic mass is 9.82. The van der Waals surface area contributed by atoms with Gasteiger partial charge in [-0.2, -0.15) is 0 Å². The van der Waals surface area contributed by atoms with Gasteiger partial charge >= 0.3 is 0 Å². The summed E-state index contributed by atoms with van der Waals surface area (Å²) in [5.74, 6) is -0.225. The largest absolute Gasteiger partial charge is 0.321 e. The predicted octanol–water partition coefficient (Wildman–Crippen LogP) is 3.63. The summed E-state index contributed by atoms with van der Waals surface area (Å²) in [6, 6.07) is 16.7. The molecule has 2 N–H and O–H groups in total. The highest BCUT2D eigenvalue weighted by atomic mass is 19.1. The van der Waals surface area contributed by atoms with E-state index in [-0.39, 0.29) is 5.82 Å². The molecule has 0 aliphatic rings. The maximum Gasteiger partial charge on any atom is 0.123 e. The zero-order chi connectivity index (χ0) is 13.0. The Balaban J connectivity index is 2.28. The van der Waals surface area contributed by atoms with Gasteiger partial charge in [-0.1, -0.05) is 49.4 Å². The summed E-state index contributed by atoms with van der Waals surface area (Å²) < 4.78 is 13.0. The number of halogens is 1. The van der Waals surface area contributed by atoms with Gasteiger partial charge in [-0.05, 0) is 36.1 Å². The minimum atomic E-state index is -0.435. The van der Waals surface area contributed by atoms with Crippen molar-refractivity contribution in [2.24, 2.45) is 5.73 Å². The van der Waals surface area contributed by atoms with Crippen molar-refractivity contribution < 1.29 is 4.39 Å². The quantitative estimate of drug-likeness (QED) is 0.871. The van der Waals surface area contributed by atoms with Crippen LogP contribution in [-0.4, -0.2) is 0 Å². The van der Waals surface area contributed by atoms with Crippen LogP contribution >= 0.6 is 0 Å². The van der Waals surface area contributed by atoms with Crippen molar-refractivity contribution in [1.82, 2.24) is 0 Å². The fourth-order valence-electron chi connectivity index (χ4n) is 2.17. The molecule has 1 nitrogen and oxygen atoms in total. The molecule has 0 radical (unpaired) electrons. The number of rotatable bonds is 4. The Morgan fingerprint density at radius 1 is 1.00 bits per heavy atom. The third kappa shape index (κ3) is 2.77. The average molecular weight is 243 g/mol. The minimum absolute atomic E-state index is 0.225. The molecule has 0 fully saturated rings. The smallest absolute Gasteiger partial charge is 0.123 e. The molecule has 2 heteroatoms. The lowest BCUT2D eigenvalue weighted by molar-refractivity contribution is 0.424. The van der Waals surface area contributed by atoms with Gasteiger partial charge in [0.15, 0.2) is 0 Å². The van der Waals surface area contributed by atoms with Gasteiger partial charge in [0.1, 0.15) is 5.82 Å². The van der Waals surface area contributed by atoms with Crippen LogP contribution in [0, 0.1) is 5.82 Å². The van der Waals surface area contributed by atoms with E-state index in [1.54, 1.807) is 12.1 Å². The Bertz CT molecular complexity index is 492. The topological polar surface area (TPSA) is 26.0 Å². The first kappa shape index (κ1) is 12.8. The van der Waals surface area contributed by atoms with Crippen molar-refractivity contribution in [2.75, 3.05) is 0 Å². The van der Waals surface area contributed by atoms with Crippen molar-refractivity contribution in [3.8, 4) is 0 Å². The Morgan fingerprint density at radius 2 is 1.61 bits per heavy atom. The van der Waals surface area contributed by atoms with E-state index in [4.69, 9.17) is 5.73 Å². The van der Waals surface area contributed by atoms with Crippen LogP contribution in [0.25, 0.3) is 0 Å². The van der Waals surface area contributed by atoms with E-state index >= 15 is 0 Å². The van der Waals surface area contributed by atoms with Crippen LogP contribution in [0.2, 0.25) is 0 Å². The van der Waals surface area contributed by atoms with Crippen molar-refractivity contribution in [3.63, 3.8) is 0 Å². The molecule has 0 heterocycles. The van der Waals surface area contributed by atoms with Crippen molar-refractivity contribution in [3.05, 3.63) is 71.5 Å². The molecule has 94 valence electrons. The lowest BCUT2D eigenvalue weighted by Gasteiger charge is -2.29. The number of nitrogens with two attached hydrogens (primary N) is 1. The van der Waals surface area contributed by atoms with Crippen LogP contribution in [0.3, 0.4) is 0 Å². The fraction of sp³-hybridized carbons (Fsp3) is 0.250. The highest BCUT2D eigenvalue weighted by Gasteiger charge is 2.25. The molecule has 0 aromatic heterocycles. The van der Waals surface area contributed by atoms with E-state index in [0.717, 1.165) is 18.4 Å². The summed E-state index contributed by atoms with van der Waals surface area (Å²) in [4.78, 5) is 0. The third-order valence-corrected chi connectivity index (χ3v) is 3.41. The summed E-state index contributed by atoms with van der Waals surface area (Å²) >= 11 is 0. The maximum absolute atomic E-state index is 13.0. The predicted molar refractivity (Wildman–Crippen MR) is 72.7 cm³/mol. The molecule has 1 unspecified atom stereocenters. The summed E-state index contributed by atoms with van der Waals surface area (Å²) in [7, 11) is 0. The first-order valence-corrected chi connectivity index (χ1v) is 6.23. The second-order valence-electron chi connectivity index (χ2n) is 4.68. The van der Waals surface area contributed by atoms with E-state index < -0.39 is 5.54 Å². The molecule has 0 aliphatic heterocycles. The van der Waals surface area contributed by atoms with E-state index in [1.165, 1.54) is 17.7 Å². The molecule has 18 heavy (non-hydrogen) atoms. The van der Waals surface area contributed by atoms with Crippen LogP contribution in [0.4, 0.5) is 4.39 Å². The number of hydrogen-bond acceptors (Lipinski definition) is 1. The number of benzene rings is 2. The summed E-state index contributed by atoms with van der Waals surface area (Å²) in [5, 5.41) is 0. The molecule has 2 aromatic carbocycles. The Morgan fingerprint density at radius 3 is 2.17 bits per heavy atom. The van der Waals surface area contributed by atoms with Gasteiger partial charge < -0.3 is 5.73 Å². The maximum atomic E-state index is 13.0. The first-order valence-electron chi connectivity index (χ1n) is 6.23. The molecule has 2 aromatic rings. The van der Waals surface area contributed by atoms with Gasteiger partial charge in [-0.15, -0.1) is 0 Å². The molecule has 0 bridgehead atoms. The molecule has 1 atom stereocenters. The monoisotopic (exact) mass is 243 g/mol. The van der Waals surface area contributed by atoms with Crippen LogP contribution in [0.1, 0.15) is 24.5 Å². The number of hydrogen-bond donors (Lipinski definition) is 1. The highest BCUT2D eigenvalue weighted by Crippen LogP contribution is 2.26. The van der Waals surface area contributed by atoms with Crippen LogP contribution in [0.5, 0.6) is 0 Å². The molecule has 0 saturated carbocycles. The van der Waals surface area contributed by atoms with Gasteiger partial charge in [-0.25, -0.2) is 4.39 Å². The Kier molecular flexibility index (Phi) is 3.78. The van der Waals surface area contributed by atoms with E-state index in [2.05, 4.69) is 19.1 Å². The fourth-order valence-corrected chi connectivity index (χ4v) is 2.17.